The van der Waals surface area contributed by atoms with E-state index in [0.717, 1.165) is 18.6 Å². The Hall–Kier alpha value is -1.07. The number of pyridine rings is 1. The molecule has 0 spiro atoms. The lowest BCUT2D eigenvalue weighted by atomic mass is 9.97. The molecule has 4 nitrogen and oxygen atoms in total. The third-order valence-electron chi connectivity index (χ3n) is 2.50. The van der Waals surface area contributed by atoms with Crippen molar-refractivity contribution in [1.29, 1.82) is 0 Å². The molecule has 0 aliphatic rings. The minimum Gasteiger partial charge on any atom is -0.480 e. The molecule has 0 bridgehead atoms. The van der Waals surface area contributed by atoms with Gasteiger partial charge in [0.1, 0.15) is 5.54 Å². The van der Waals surface area contributed by atoms with Crippen LogP contribution >= 0.6 is 11.8 Å². The SMILES string of the molecule is CC(N)(CCCCSc1ccncc1)C(=O)O. The van der Waals surface area contributed by atoms with Crippen LogP contribution in [0.4, 0.5) is 0 Å². The predicted octanol–water partition coefficient (Wildman–Crippen LogP) is 2.15. The monoisotopic (exact) mass is 254 g/mol. The molecule has 1 aromatic heterocycles. The van der Waals surface area contributed by atoms with E-state index in [-0.39, 0.29) is 0 Å². The average molecular weight is 254 g/mol. The summed E-state index contributed by atoms with van der Waals surface area (Å²) < 4.78 is 0. The van der Waals surface area contributed by atoms with Crippen LogP contribution in [0.3, 0.4) is 0 Å². The Morgan fingerprint density at radius 3 is 2.71 bits per heavy atom. The standard InChI is InChI=1S/C12H18N2O2S/c1-12(13,11(15)16)6-2-3-9-17-10-4-7-14-8-5-10/h4-5,7-8H,2-3,6,9,13H2,1H3,(H,15,16). The first kappa shape index (κ1) is 14.0. The predicted molar refractivity (Wildman–Crippen MR) is 69.0 cm³/mol. The van der Waals surface area contributed by atoms with Crippen molar-refractivity contribution in [3.63, 3.8) is 0 Å². The summed E-state index contributed by atoms with van der Waals surface area (Å²) in [5.41, 5.74) is 4.54. The van der Waals surface area contributed by atoms with Crippen LogP contribution in [0.25, 0.3) is 0 Å². The molecule has 0 fully saturated rings. The lowest BCUT2D eigenvalue weighted by Gasteiger charge is -2.18. The highest BCUT2D eigenvalue weighted by Gasteiger charge is 2.26. The topological polar surface area (TPSA) is 76.2 Å². The van der Waals surface area contributed by atoms with Gasteiger partial charge in [0.25, 0.3) is 0 Å². The first-order valence-corrected chi connectivity index (χ1v) is 6.56. The Morgan fingerprint density at radius 2 is 2.12 bits per heavy atom. The van der Waals surface area contributed by atoms with Crippen LogP contribution < -0.4 is 5.73 Å². The highest BCUT2D eigenvalue weighted by Crippen LogP contribution is 2.19. The van der Waals surface area contributed by atoms with Crippen molar-refractivity contribution in [2.45, 2.75) is 36.6 Å². The quantitative estimate of drug-likeness (QED) is 0.576. The van der Waals surface area contributed by atoms with Crippen LogP contribution in [-0.4, -0.2) is 27.4 Å². The molecular formula is C12H18N2O2S. The Balaban J connectivity index is 2.15. The summed E-state index contributed by atoms with van der Waals surface area (Å²) in [4.78, 5) is 15.9. The molecule has 17 heavy (non-hydrogen) atoms. The summed E-state index contributed by atoms with van der Waals surface area (Å²) in [6.45, 7) is 1.56. The van der Waals surface area contributed by atoms with Gasteiger partial charge >= 0.3 is 5.97 Å². The number of carboxylic acid groups (broad SMARTS) is 1. The lowest BCUT2D eigenvalue weighted by Crippen LogP contribution is -2.44. The molecule has 0 radical (unpaired) electrons. The summed E-state index contributed by atoms with van der Waals surface area (Å²) in [5, 5.41) is 8.84. The van der Waals surface area contributed by atoms with Crippen LogP contribution in [0.5, 0.6) is 0 Å². The van der Waals surface area contributed by atoms with E-state index in [2.05, 4.69) is 4.98 Å². The number of rotatable bonds is 7. The summed E-state index contributed by atoms with van der Waals surface area (Å²) in [6, 6.07) is 3.93. The fraction of sp³-hybridized carbons (Fsp3) is 0.500. The molecule has 0 aliphatic carbocycles. The number of carbonyl (C=O) groups is 1. The number of unbranched alkanes of at least 4 members (excludes halogenated alkanes) is 1. The third kappa shape index (κ3) is 5.19. The van der Waals surface area contributed by atoms with E-state index in [1.54, 1.807) is 31.1 Å². The van der Waals surface area contributed by atoms with Crippen molar-refractivity contribution in [3.8, 4) is 0 Å². The van der Waals surface area contributed by atoms with Crippen molar-refractivity contribution in [2.24, 2.45) is 5.73 Å². The van der Waals surface area contributed by atoms with E-state index in [4.69, 9.17) is 10.8 Å². The number of aromatic nitrogens is 1. The minimum atomic E-state index is -1.10. The van der Waals surface area contributed by atoms with E-state index >= 15 is 0 Å². The average Bonchev–Trinajstić information content (AvgIpc) is 2.29. The normalized spacial score (nSPS) is 14.2. The van der Waals surface area contributed by atoms with Gasteiger partial charge in [-0.1, -0.05) is 6.42 Å². The zero-order valence-corrected chi connectivity index (χ0v) is 10.7. The molecule has 1 aromatic rings. The summed E-state index contributed by atoms with van der Waals surface area (Å²) >= 11 is 1.75. The summed E-state index contributed by atoms with van der Waals surface area (Å²) in [5.74, 6) is 0.0407. The maximum Gasteiger partial charge on any atom is 0.323 e. The largest absolute Gasteiger partial charge is 0.480 e. The van der Waals surface area contributed by atoms with Crippen molar-refractivity contribution < 1.29 is 9.90 Å². The van der Waals surface area contributed by atoms with Gasteiger partial charge in [-0.2, -0.15) is 0 Å². The maximum atomic E-state index is 10.8. The number of carboxylic acids is 1. The van der Waals surface area contributed by atoms with Crippen molar-refractivity contribution >= 4 is 17.7 Å². The van der Waals surface area contributed by atoms with Gasteiger partial charge in [0.15, 0.2) is 0 Å². The van der Waals surface area contributed by atoms with Gasteiger partial charge in [-0.15, -0.1) is 11.8 Å². The Kier molecular flexibility index (Phi) is 5.44. The molecule has 94 valence electrons. The molecule has 0 aliphatic heterocycles. The highest BCUT2D eigenvalue weighted by molar-refractivity contribution is 7.99. The molecule has 0 saturated carbocycles. The summed E-state index contributed by atoms with van der Waals surface area (Å²) in [7, 11) is 0. The molecule has 0 aromatic carbocycles. The zero-order chi connectivity index (χ0) is 12.7. The van der Waals surface area contributed by atoms with E-state index in [0.29, 0.717) is 6.42 Å². The molecule has 3 N–H and O–H groups in total. The molecule has 1 atom stereocenters. The number of thioether (sulfide) groups is 1. The Morgan fingerprint density at radius 1 is 1.47 bits per heavy atom. The van der Waals surface area contributed by atoms with Crippen molar-refractivity contribution in [3.05, 3.63) is 24.5 Å². The molecule has 1 unspecified atom stereocenters. The van der Waals surface area contributed by atoms with Gasteiger partial charge in [-0.25, -0.2) is 0 Å². The Bertz CT molecular complexity index is 355. The van der Waals surface area contributed by atoms with Gasteiger partial charge in [0.05, 0.1) is 0 Å². The first-order chi connectivity index (χ1) is 8.02. The number of hydrogen-bond acceptors (Lipinski definition) is 4. The summed E-state index contributed by atoms with van der Waals surface area (Å²) in [6.07, 6.45) is 5.84. The number of nitrogens with zero attached hydrogens (tertiary/aromatic N) is 1. The van der Waals surface area contributed by atoms with E-state index in [1.807, 2.05) is 12.1 Å². The lowest BCUT2D eigenvalue weighted by molar-refractivity contribution is -0.142. The number of hydrogen-bond donors (Lipinski definition) is 2. The first-order valence-electron chi connectivity index (χ1n) is 5.57. The second-order valence-electron chi connectivity index (χ2n) is 4.21. The highest BCUT2D eigenvalue weighted by atomic mass is 32.2. The fourth-order valence-corrected chi connectivity index (χ4v) is 2.22. The van der Waals surface area contributed by atoms with Crippen LogP contribution in [0.15, 0.2) is 29.4 Å². The van der Waals surface area contributed by atoms with Crippen LogP contribution in [-0.2, 0) is 4.79 Å². The molecule has 1 rings (SSSR count). The third-order valence-corrected chi connectivity index (χ3v) is 3.60. The second kappa shape index (κ2) is 6.61. The number of aliphatic carboxylic acids is 1. The van der Waals surface area contributed by atoms with Crippen LogP contribution in [0, 0.1) is 0 Å². The minimum absolute atomic E-state index is 0.513. The van der Waals surface area contributed by atoms with Crippen molar-refractivity contribution in [2.75, 3.05) is 5.75 Å². The Labute approximate surface area is 106 Å². The second-order valence-corrected chi connectivity index (χ2v) is 5.38. The van der Waals surface area contributed by atoms with Gasteiger partial charge in [-0.05, 0) is 37.7 Å². The van der Waals surface area contributed by atoms with Gasteiger partial charge in [0, 0.05) is 17.3 Å². The molecular weight excluding hydrogens is 236 g/mol. The van der Waals surface area contributed by atoms with Crippen LogP contribution in [0.2, 0.25) is 0 Å². The zero-order valence-electron chi connectivity index (χ0n) is 9.93. The van der Waals surface area contributed by atoms with Crippen LogP contribution in [0.1, 0.15) is 26.2 Å². The van der Waals surface area contributed by atoms with E-state index in [9.17, 15) is 4.79 Å². The van der Waals surface area contributed by atoms with Gasteiger partial charge in [-0.3, -0.25) is 9.78 Å². The smallest absolute Gasteiger partial charge is 0.323 e. The van der Waals surface area contributed by atoms with E-state index in [1.165, 1.54) is 4.90 Å². The van der Waals surface area contributed by atoms with Gasteiger partial charge in [0.2, 0.25) is 0 Å². The number of nitrogens with two attached hydrogens (primary N) is 1. The van der Waals surface area contributed by atoms with E-state index < -0.39 is 11.5 Å². The molecule has 1 heterocycles. The molecule has 0 saturated heterocycles. The van der Waals surface area contributed by atoms with Crippen molar-refractivity contribution in [1.82, 2.24) is 4.98 Å². The van der Waals surface area contributed by atoms with Gasteiger partial charge < -0.3 is 10.8 Å². The fourth-order valence-electron chi connectivity index (χ4n) is 1.33. The maximum absolute atomic E-state index is 10.8. The molecule has 5 heteroatoms. The molecule has 0 amide bonds.